The Kier molecular flexibility index (Phi) is 4.30. The molecule has 0 aliphatic heterocycles. The third-order valence-corrected chi connectivity index (χ3v) is 4.13. The lowest BCUT2D eigenvalue weighted by molar-refractivity contribution is -0.136. The van der Waals surface area contributed by atoms with Gasteiger partial charge >= 0.3 is 11.8 Å². The first-order valence-electron chi connectivity index (χ1n) is 7.19. The van der Waals surface area contributed by atoms with Crippen LogP contribution >= 0.6 is 11.6 Å². The number of amides is 2. The number of fused-ring (bicyclic) bond motifs is 1. The number of nitrogens with one attached hydrogen (secondary N) is 2. The second-order valence-corrected chi connectivity index (χ2v) is 5.75. The Morgan fingerprint density at radius 3 is 2.70 bits per heavy atom. The average molecular weight is 333 g/mol. The van der Waals surface area contributed by atoms with E-state index in [1.807, 2.05) is 24.3 Å². The van der Waals surface area contributed by atoms with Crippen LogP contribution in [0.3, 0.4) is 0 Å². The zero-order valence-electron chi connectivity index (χ0n) is 12.1. The Morgan fingerprint density at radius 1 is 1.13 bits per heavy atom. The normalized spacial score (nSPS) is 15.8. The minimum absolute atomic E-state index is 0.0463. The fourth-order valence-electron chi connectivity index (χ4n) is 2.69. The first-order chi connectivity index (χ1) is 11.0. The number of rotatable bonds is 2. The number of hydrogen-bond donors (Lipinski definition) is 2. The van der Waals surface area contributed by atoms with Crippen LogP contribution in [0.1, 0.15) is 23.6 Å². The molecule has 0 spiro atoms. The Bertz CT molecular complexity index is 779. The van der Waals surface area contributed by atoms with Crippen LogP contribution < -0.4 is 10.6 Å². The van der Waals surface area contributed by atoms with Crippen LogP contribution in [0.5, 0.6) is 0 Å². The molecule has 0 unspecified atom stereocenters. The molecule has 0 aromatic heterocycles. The van der Waals surface area contributed by atoms with Crippen LogP contribution in [-0.2, 0) is 16.0 Å². The number of aryl methyl sites for hydroxylation is 1. The van der Waals surface area contributed by atoms with Gasteiger partial charge in [-0.25, -0.2) is 4.39 Å². The molecule has 0 saturated heterocycles. The summed E-state index contributed by atoms with van der Waals surface area (Å²) >= 11 is 5.57. The van der Waals surface area contributed by atoms with Crippen LogP contribution in [0.4, 0.5) is 10.1 Å². The summed E-state index contributed by atoms with van der Waals surface area (Å²) in [7, 11) is 0. The second kappa shape index (κ2) is 6.38. The molecule has 0 fully saturated rings. The van der Waals surface area contributed by atoms with Crippen molar-refractivity contribution in [3.05, 3.63) is 64.4 Å². The van der Waals surface area contributed by atoms with Gasteiger partial charge in [0.2, 0.25) is 0 Å². The zero-order valence-corrected chi connectivity index (χ0v) is 12.9. The van der Waals surface area contributed by atoms with Crippen LogP contribution in [0, 0.1) is 5.82 Å². The van der Waals surface area contributed by atoms with Gasteiger partial charge in [-0.3, -0.25) is 9.59 Å². The maximum atomic E-state index is 13.3. The molecule has 2 N–H and O–H groups in total. The molecule has 0 bridgehead atoms. The summed E-state index contributed by atoms with van der Waals surface area (Å²) in [5.41, 5.74) is 2.39. The molecular formula is C17H14ClFN2O2. The molecule has 2 amide bonds. The van der Waals surface area contributed by atoms with Crippen LogP contribution in [0.25, 0.3) is 0 Å². The number of carbonyl (C=O) groups is 2. The van der Waals surface area contributed by atoms with E-state index in [-0.39, 0.29) is 16.8 Å². The highest BCUT2D eigenvalue weighted by Crippen LogP contribution is 2.30. The molecule has 6 heteroatoms. The van der Waals surface area contributed by atoms with E-state index in [1.165, 1.54) is 17.7 Å². The van der Waals surface area contributed by atoms with E-state index < -0.39 is 17.6 Å². The molecule has 0 radical (unpaired) electrons. The molecule has 118 valence electrons. The molecule has 2 aromatic carbocycles. The lowest BCUT2D eigenvalue weighted by atomic mass is 10.1. The number of benzene rings is 2. The summed E-state index contributed by atoms with van der Waals surface area (Å²) in [4.78, 5) is 24.0. The first-order valence-corrected chi connectivity index (χ1v) is 7.57. The van der Waals surface area contributed by atoms with Crippen molar-refractivity contribution < 1.29 is 14.0 Å². The Morgan fingerprint density at radius 2 is 1.91 bits per heavy atom. The molecule has 0 saturated carbocycles. The minimum atomic E-state index is -0.837. The molecule has 1 aliphatic rings. The lowest BCUT2D eigenvalue weighted by Crippen LogP contribution is -2.37. The highest BCUT2D eigenvalue weighted by Gasteiger charge is 2.25. The van der Waals surface area contributed by atoms with Crippen molar-refractivity contribution in [1.82, 2.24) is 5.32 Å². The Hall–Kier alpha value is -2.40. The summed E-state index contributed by atoms with van der Waals surface area (Å²) < 4.78 is 13.3. The predicted molar refractivity (Wildman–Crippen MR) is 85.7 cm³/mol. The highest BCUT2D eigenvalue weighted by atomic mass is 35.5. The third-order valence-electron chi connectivity index (χ3n) is 3.82. The molecule has 3 rings (SSSR count). The second-order valence-electron chi connectivity index (χ2n) is 5.35. The van der Waals surface area contributed by atoms with Crippen LogP contribution in [0.2, 0.25) is 5.02 Å². The molecule has 0 heterocycles. The van der Waals surface area contributed by atoms with E-state index in [9.17, 15) is 14.0 Å². The van der Waals surface area contributed by atoms with Crippen molar-refractivity contribution in [1.29, 1.82) is 0 Å². The summed E-state index contributed by atoms with van der Waals surface area (Å²) in [5.74, 6) is -2.24. The smallest absolute Gasteiger partial charge is 0.313 e. The predicted octanol–water partition coefficient (Wildman–Crippen LogP) is 3.22. The van der Waals surface area contributed by atoms with Gasteiger partial charge in [0.1, 0.15) is 5.82 Å². The summed E-state index contributed by atoms with van der Waals surface area (Å²) in [5, 5.41) is 5.02. The van der Waals surface area contributed by atoms with E-state index in [2.05, 4.69) is 10.6 Å². The number of hydrogen-bond acceptors (Lipinski definition) is 2. The van der Waals surface area contributed by atoms with Gasteiger partial charge in [-0.15, -0.1) is 0 Å². The van der Waals surface area contributed by atoms with Crippen molar-refractivity contribution in [3.8, 4) is 0 Å². The van der Waals surface area contributed by atoms with Gasteiger partial charge in [0, 0.05) is 5.69 Å². The van der Waals surface area contributed by atoms with E-state index in [1.54, 1.807) is 0 Å². The van der Waals surface area contributed by atoms with E-state index in [4.69, 9.17) is 11.6 Å². The fourth-order valence-corrected chi connectivity index (χ4v) is 2.81. The van der Waals surface area contributed by atoms with Gasteiger partial charge in [0.25, 0.3) is 0 Å². The fraction of sp³-hybridized carbons (Fsp3) is 0.176. The van der Waals surface area contributed by atoms with Gasteiger partial charge in [-0.2, -0.15) is 0 Å². The average Bonchev–Trinajstić information content (AvgIpc) is 2.94. The van der Waals surface area contributed by atoms with Crippen LogP contribution in [0.15, 0.2) is 42.5 Å². The van der Waals surface area contributed by atoms with Gasteiger partial charge in [-0.1, -0.05) is 35.9 Å². The topological polar surface area (TPSA) is 58.2 Å². The molecule has 2 aromatic rings. The number of carbonyl (C=O) groups excluding carboxylic acids is 2. The van der Waals surface area contributed by atoms with Gasteiger partial charge in [0.05, 0.1) is 11.1 Å². The SMILES string of the molecule is O=C(Nc1ccc(Cl)c(F)c1)C(=O)N[C@@H]1CCc2ccccc21. The summed E-state index contributed by atoms with van der Waals surface area (Å²) in [6.07, 6.45) is 1.62. The summed E-state index contributed by atoms with van der Waals surface area (Å²) in [6.45, 7) is 0. The van der Waals surface area contributed by atoms with Gasteiger partial charge < -0.3 is 10.6 Å². The first kappa shape index (κ1) is 15.5. The van der Waals surface area contributed by atoms with Crippen molar-refractivity contribution >= 4 is 29.1 Å². The quantitative estimate of drug-likeness (QED) is 0.830. The molecular weight excluding hydrogens is 319 g/mol. The monoisotopic (exact) mass is 332 g/mol. The maximum Gasteiger partial charge on any atom is 0.313 e. The maximum absolute atomic E-state index is 13.3. The Labute approximate surface area is 137 Å². The van der Waals surface area contributed by atoms with Gasteiger partial charge in [0.15, 0.2) is 0 Å². The van der Waals surface area contributed by atoms with Crippen molar-refractivity contribution in [2.24, 2.45) is 0 Å². The molecule has 4 nitrogen and oxygen atoms in total. The van der Waals surface area contributed by atoms with E-state index >= 15 is 0 Å². The molecule has 1 aliphatic carbocycles. The van der Waals surface area contributed by atoms with Crippen molar-refractivity contribution in [2.75, 3.05) is 5.32 Å². The van der Waals surface area contributed by atoms with Crippen LogP contribution in [-0.4, -0.2) is 11.8 Å². The van der Waals surface area contributed by atoms with E-state index in [0.717, 1.165) is 24.5 Å². The molecule has 23 heavy (non-hydrogen) atoms. The lowest BCUT2D eigenvalue weighted by Gasteiger charge is -2.14. The Balaban J connectivity index is 1.64. The number of halogens is 2. The standard InChI is InChI=1S/C17H14ClFN2O2/c18-13-7-6-11(9-14(13)19)20-16(22)17(23)21-15-8-5-10-3-1-2-4-12(10)15/h1-4,6-7,9,15H,5,8H2,(H,20,22)(H,21,23)/t15-/m1/s1. The third kappa shape index (κ3) is 3.35. The minimum Gasteiger partial charge on any atom is -0.341 e. The largest absolute Gasteiger partial charge is 0.341 e. The van der Waals surface area contributed by atoms with Crippen molar-refractivity contribution in [3.63, 3.8) is 0 Å². The van der Waals surface area contributed by atoms with E-state index in [0.29, 0.717) is 0 Å². The van der Waals surface area contributed by atoms with Crippen molar-refractivity contribution in [2.45, 2.75) is 18.9 Å². The highest BCUT2D eigenvalue weighted by molar-refractivity contribution is 6.39. The molecule has 1 atom stereocenters. The van der Waals surface area contributed by atoms with Gasteiger partial charge in [-0.05, 0) is 42.2 Å². The number of anilines is 1. The zero-order chi connectivity index (χ0) is 16.4. The summed E-state index contributed by atoms with van der Waals surface area (Å²) in [6, 6.07) is 11.5.